The van der Waals surface area contributed by atoms with E-state index in [9.17, 15) is 19.4 Å². The zero-order valence-corrected chi connectivity index (χ0v) is 16.1. The smallest absolute Gasteiger partial charge is 0.256 e. The number of ether oxygens (including phenoxy) is 1. The van der Waals surface area contributed by atoms with E-state index in [1.807, 2.05) is 11.9 Å². The Hall–Kier alpha value is -1.70. The summed E-state index contributed by atoms with van der Waals surface area (Å²) in [5, 5.41) is 20.5. The molecule has 1 heterocycles. The summed E-state index contributed by atoms with van der Waals surface area (Å²) in [5.74, 6) is -0.227. The third kappa shape index (κ3) is 4.42. The molecule has 7 heteroatoms. The van der Waals surface area contributed by atoms with E-state index >= 15 is 0 Å². The average molecular weight is 380 g/mol. The Morgan fingerprint density at radius 2 is 2.04 bits per heavy atom. The first-order valence-corrected chi connectivity index (χ1v) is 9.44. The molecule has 3 rings (SSSR count). The van der Waals surface area contributed by atoms with Crippen LogP contribution in [0.4, 0.5) is 4.39 Å². The summed E-state index contributed by atoms with van der Waals surface area (Å²) in [6.45, 7) is 1.59. The molecule has 2 N–H and O–H groups in total. The van der Waals surface area contributed by atoms with Crippen molar-refractivity contribution >= 4 is 5.91 Å². The van der Waals surface area contributed by atoms with Crippen molar-refractivity contribution in [1.82, 2.24) is 9.80 Å². The standard InChI is InChI=1S/C20H29FN2O4/c1-22(12-19(14-24)7-8-19)13-20(26)6-3-9-23(18(20)25)11-15-10-16(27-2)4-5-17(15)21/h4-5,10,24,26H,3,6-9,11-14H2,1-2H3/t20-/m1/s1. The monoisotopic (exact) mass is 380 g/mol. The Balaban J connectivity index is 1.67. The van der Waals surface area contributed by atoms with Crippen molar-refractivity contribution in [3.8, 4) is 5.75 Å². The first kappa shape index (κ1) is 20.0. The highest BCUT2D eigenvalue weighted by Gasteiger charge is 2.46. The number of aliphatic hydroxyl groups excluding tert-OH is 1. The molecular weight excluding hydrogens is 351 g/mol. The molecule has 0 radical (unpaired) electrons. The summed E-state index contributed by atoms with van der Waals surface area (Å²) < 4.78 is 19.3. The van der Waals surface area contributed by atoms with Crippen LogP contribution in [0.15, 0.2) is 18.2 Å². The molecule has 1 aliphatic heterocycles. The molecule has 1 aromatic rings. The van der Waals surface area contributed by atoms with E-state index in [1.54, 1.807) is 6.07 Å². The summed E-state index contributed by atoms with van der Waals surface area (Å²) in [4.78, 5) is 16.4. The fraction of sp³-hybridized carbons (Fsp3) is 0.650. The van der Waals surface area contributed by atoms with E-state index < -0.39 is 11.4 Å². The average Bonchev–Trinajstić information content (AvgIpc) is 3.40. The minimum atomic E-state index is -1.48. The lowest BCUT2D eigenvalue weighted by atomic mass is 9.90. The first-order valence-electron chi connectivity index (χ1n) is 9.44. The van der Waals surface area contributed by atoms with Crippen LogP contribution in [-0.2, 0) is 11.3 Å². The van der Waals surface area contributed by atoms with E-state index in [4.69, 9.17) is 4.74 Å². The number of amides is 1. The van der Waals surface area contributed by atoms with Gasteiger partial charge in [-0.2, -0.15) is 0 Å². The summed E-state index contributed by atoms with van der Waals surface area (Å²) in [6, 6.07) is 4.45. The maximum atomic E-state index is 14.1. The van der Waals surface area contributed by atoms with Crippen LogP contribution in [0.5, 0.6) is 5.75 Å². The molecular formula is C20H29FN2O4. The largest absolute Gasteiger partial charge is 0.497 e. The summed E-state index contributed by atoms with van der Waals surface area (Å²) >= 11 is 0. The number of piperidine rings is 1. The number of halogens is 1. The number of rotatable bonds is 8. The van der Waals surface area contributed by atoms with E-state index in [2.05, 4.69) is 0 Å². The van der Waals surface area contributed by atoms with Gasteiger partial charge in [0.2, 0.25) is 0 Å². The van der Waals surface area contributed by atoms with Crippen molar-refractivity contribution in [1.29, 1.82) is 0 Å². The molecule has 1 saturated heterocycles. The van der Waals surface area contributed by atoms with Gasteiger partial charge in [-0.1, -0.05) is 0 Å². The van der Waals surface area contributed by atoms with Crippen LogP contribution in [0.3, 0.4) is 0 Å². The quantitative estimate of drug-likeness (QED) is 0.713. The van der Waals surface area contributed by atoms with Gasteiger partial charge in [-0.15, -0.1) is 0 Å². The minimum absolute atomic E-state index is 0.0772. The molecule has 6 nitrogen and oxygen atoms in total. The number of likely N-dealkylation sites (tertiary alicyclic amines) is 1. The fourth-order valence-electron chi connectivity index (χ4n) is 3.99. The number of aliphatic hydroxyl groups is 2. The lowest BCUT2D eigenvalue weighted by Gasteiger charge is -2.40. The second-order valence-corrected chi connectivity index (χ2v) is 8.15. The van der Waals surface area contributed by atoms with Gasteiger partial charge in [0, 0.05) is 43.8 Å². The molecule has 0 unspecified atom stereocenters. The predicted octanol–water partition coefficient (Wildman–Crippen LogP) is 1.39. The Bertz CT molecular complexity index is 695. The Morgan fingerprint density at radius 1 is 1.30 bits per heavy atom. The normalized spacial score (nSPS) is 24.4. The van der Waals surface area contributed by atoms with Crippen LogP contribution in [-0.4, -0.2) is 71.9 Å². The zero-order chi connectivity index (χ0) is 19.7. The molecule has 0 bridgehead atoms. The molecule has 1 saturated carbocycles. The molecule has 1 atom stereocenters. The highest BCUT2D eigenvalue weighted by Crippen LogP contribution is 2.45. The Labute approximate surface area is 159 Å². The number of carbonyl (C=O) groups is 1. The molecule has 27 heavy (non-hydrogen) atoms. The van der Waals surface area contributed by atoms with Gasteiger partial charge in [-0.25, -0.2) is 4.39 Å². The van der Waals surface area contributed by atoms with Gasteiger partial charge in [0.05, 0.1) is 7.11 Å². The van der Waals surface area contributed by atoms with Crippen molar-refractivity contribution in [2.24, 2.45) is 5.41 Å². The SMILES string of the molecule is COc1ccc(F)c(CN2CCC[C@@](O)(CN(C)CC3(CO)CC3)C2=O)c1. The highest BCUT2D eigenvalue weighted by molar-refractivity contribution is 5.86. The van der Waals surface area contributed by atoms with Crippen LogP contribution < -0.4 is 4.74 Å². The zero-order valence-electron chi connectivity index (χ0n) is 16.1. The van der Waals surface area contributed by atoms with Crippen LogP contribution in [0.25, 0.3) is 0 Å². The predicted molar refractivity (Wildman–Crippen MR) is 98.8 cm³/mol. The Morgan fingerprint density at radius 3 is 2.67 bits per heavy atom. The van der Waals surface area contributed by atoms with Gasteiger partial charge >= 0.3 is 0 Å². The van der Waals surface area contributed by atoms with Crippen LogP contribution in [0.2, 0.25) is 0 Å². The van der Waals surface area contributed by atoms with E-state index in [0.29, 0.717) is 37.2 Å². The molecule has 0 aromatic heterocycles. The minimum Gasteiger partial charge on any atom is -0.497 e. The summed E-state index contributed by atoms with van der Waals surface area (Å²) in [7, 11) is 3.37. The topological polar surface area (TPSA) is 73.2 Å². The lowest BCUT2D eigenvalue weighted by Crippen LogP contribution is -2.58. The fourth-order valence-corrected chi connectivity index (χ4v) is 3.99. The van der Waals surface area contributed by atoms with Crippen LogP contribution in [0, 0.1) is 11.2 Å². The molecule has 2 aliphatic rings. The van der Waals surface area contributed by atoms with Gasteiger partial charge in [-0.3, -0.25) is 4.79 Å². The maximum absolute atomic E-state index is 14.1. The van der Waals surface area contributed by atoms with Crippen molar-refractivity contribution in [3.63, 3.8) is 0 Å². The third-order valence-electron chi connectivity index (χ3n) is 5.75. The number of methoxy groups -OCH3 is 1. The van der Waals surface area contributed by atoms with Crippen molar-refractivity contribution in [2.45, 2.75) is 37.8 Å². The van der Waals surface area contributed by atoms with Crippen molar-refractivity contribution < 1.29 is 24.1 Å². The number of hydrogen-bond donors (Lipinski definition) is 2. The number of hydrogen-bond acceptors (Lipinski definition) is 5. The molecule has 150 valence electrons. The number of benzene rings is 1. The van der Waals surface area contributed by atoms with Crippen molar-refractivity contribution in [3.05, 3.63) is 29.6 Å². The number of nitrogens with zero attached hydrogens (tertiary/aromatic N) is 2. The van der Waals surface area contributed by atoms with E-state index in [1.165, 1.54) is 24.1 Å². The Kier molecular flexibility index (Phi) is 5.74. The van der Waals surface area contributed by atoms with E-state index in [-0.39, 0.29) is 31.0 Å². The van der Waals surface area contributed by atoms with E-state index in [0.717, 1.165) is 12.8 Å². The number of carbonyl (C=O) groups excluding carboxylic acids is 1. The maximum Gasteiger partial charge on any atom is 0.256 e. The summed E-state index contributed by atoms with van der Waals surface area (Å²) in [5.41, 5.74) is -1.18. The molecule has 2 fully saturated rings. The molecule has 1 aromatic carbocycles. The highest BCUT2D eigenvalue weighted by atomic mass is 19.1. The van der Waals surface area contributed by atoms with Gasteiger partial charge in [-0.05, 0) is 50.9 Å². The van der Waals surface area contributed by atoms with Crippen LogP contribution >= 0.6 is 0 Å². The first-order chi connectivity index (χ1) is 12.8. The summed E-state index contributed by atoms with van der Waals surface area (Å²) in [6.07, 6.45) is 3.00. The van der Waals surface area contributed by atoms with Gasteiger partial charge in [0.1, 0.15) is 11.6 Å². The van der Waals surface area contributed by atoms with Crippen molar-refractivity contribution in [2.75, 3.05) is 40.4 Å². The van der Waals surface area contributed by atoms with Gasteiger partial charge in [0.15, 0.2) is 5.60 Å². The van der Waals surface area contributed by atoms with Gasteiger partial charge < -0.3 is 24.7 Å². The molecule has 0 spiro atoms. The second-order valence-electron chi connectivity index (χ2n) is 8.15. The second kappa shape index (κ2) is 7.73. The lowest BCUT2D eigenvalue weighted by molar-refractivity contribution is -0.160. The molecule has 1 amide bonds. The number of likely N-dealkylation sites (N-methyl/N-ethyl adjacent to an activating group) is 1. The van der Waals surface area contributed by atoms with Gasteiger partial charge in [0.25, 0.3) is 5.91 Å². The molecule has 1 aliphatic carbocycles. The third-order valence-corrected chi connectivity index (χ3v) is 5.75. The van der Waals surface area contributed by atoms with Crippen LogP contribution in [0.1, 0.15) is 31.2 Å².